The Morgan fingerprint density at radius 1 is 1.20 bits per heavy atom. The molecule has 2 aliphatic rings. The number of amides is 1. The topological polar surface area (TPSA) is 94.2 Å². The van der Waals surface area contributed by atoms with Gasteiger partial charge in [0.2, 0.25) is 10.0 Å². The minimum Gasteiger partial charge on any atom is -0.495 e. The minimum absolute atomic E-state index is 0.0721. The first-order valence-corrected chi connectivity index (χ1v) is 11.2. The fraction of sp³-hybridized carbons (Fsp3) is 0.350. The number of fused-ring (bicyclic) bond motifs is 1. The summed E-state index contributed by atoms with van der Waals surface area (Å²) in [7, 11) is -2.26. The Morgan fingerprint density at radius 3 is 2.70 bits per heavy atom. The van der Waals surface area contributed by atoms with Crippen LogP contribution >= 0.6 is 11.6 Å². The summed E-state index contributed by atoms with van der Waals surface area (Å²) in [5.74, 6) is 0.555. The van der Waals surface area contributed by atoms with Gasteiger partial charge in [0.05, 0.1) is 30.9 Å². The molecule has 2 aliphatic heterocycles. The lowest BCUT2D eigenvalue weighted by Crippen LogP contribution is -2.40. The minimum atomic E-state index is -3.71. The summed E-state index contributed by atoms with van der Waals surface area (Å²) in [6, 6.07) is 9.57. The van der Waals surface area contributed by atoms with Crippen LogP contribution in [0.5, 0.6) is 11.5 Å². The van der Waals surface area contributed by atoms with Crippen LogP contribution in [-0.2, 0) is 26.0 Å². The molecule has 1 saturated heterocycles. The van der Waals surface area contributed by atoms with Gasteiger partial charge in [0.1, 0.15) is 11.5 Å². The van der Waals surface area contributed by atoms with E-state index in [1.54, 1.807) is 18.2 Å². The Balaban J connectivity index is 1.55. The number of benzene rings is 2. The van der Waals surface area contributed by atoms with Crippen LogP contribution in [0, 0.1) is 0 Å². The van der Waals surface area contributed by atoms with Gasteiger partial charge in [0.15, 0.2) is 6.10 Å². The van der Waals surface area contributed by atoms with Gasteiger partial charge in [0.25, 0.3) is 5.91 Å². The number of morpholine rings is 1. The van der Waals surface area contributed by atoms with Gasteiger partial charge < -0.3 is 19.5 Å². The van der Waals surface area contributed by atoms with Crippen LogP contribution in [0.15, 0.2) is 41.3 Å². The van der Waals surface area contributed by atoms with Crippen LogP contribution in [-0.4, -0.2) is 58.1 Å². The number of methoxy groups -OCH3 is 1. The van der Waals surface area contributed by atoms with Crippen molar-refractivity contribution in [2.75, 3.05) is 38.7 Å². The molecule has 0 saturated carbocycles. The van der Waals surface area contributed by atoms with E-state index in [9.17, 15) is 13.2 Å². The zero-order valence-corrected chi connectivity index (χ0v) is 17.8. The highest BCUT2D eigenvalue weighted by atomic mass is 35.5. The molecule has 0 aliphatic carbocycles. The molecule has 1 N–H and O–H groups in total. The third kappa shape index (κ3) is 4.11. The van der Waals surface area contributed by atoms with E-state index in [-0.39, 0.29) is 23.7 Å². The molecular formula is C20H21ClN2O6S. The van der Waals surface area contributed by atoms with E-state index in [1.807, 2.05) is 0 Å². The molecule has 10 heteroatoms. The molecule has 8 nitrogen and oxygen atoms in total. The lowest BCUT2D eigenvalue weighted by molar-refractivity contribution is -0.122. The first-order chi connectivity index (χ1) is 14.4. The highest BCUT2D eigenvalue weighted by Gasteiger charge is 2.31. The number of rotatable bonds is 5. The average molecular weight is 453 g/mol. The summed E-state index contributed by atoms with van der Waals surface area (Å²) in [6.07, 6.45) is -0.377. The largest absolute Gasteiger partial charge is 0.495 e. The Bertz CT molecular complexity index is 1070. The van der Waals surface area contributed by atoms with Crippen LogP contribution in [0.2, 0.25) is 5.02 Å². The Kier molecular flexibility index (Phi) is 5.88. The van der Waals surface area contributed by atoms with E-state index < -0.39 is 22.0 Å². The molecule has 1 fully saturated rings. The average Bonchev–Trinajstić information content (AvgIpc) is 3.17. The van der Waals surface area contributed by atoms with Crippen molar-refractivity contribution in [2.45, 2.75) is 17.4 Å². The third-order valence-electron chi connectivity index (χ3n) is 5.03. The smallest absolute Gasteiger partial charge is 0.265 e. The molecule has 4 rings (SSSR count). The Morgan fingerprint density at radius 2 is 1.97 bits per heavy atom. The maximum absolute atomic E-state index is 12.9. The summed E-state index contributed by atoms with van der Waals surface area (Å²) in [4.78, 5) is 12.9. The number of nitrogens with zero attached hydrogens (tertiary/aromatic N) is 1. The second kappa shape index (κ2) is 8.43. The molecule has 0 bridgehead atoms. The molecule has 1 amide bonds. The number of hydrogen-bond donors (Lipinski definition) is 1. The molecule has 0 radical (unpaired) electrons. The number of hydrogen-bond acceptors (Lipinski definition) is 6. The first-order valence-electron chi connectivity index (χ1n) is 9.40. The van der Waals surface area contributed by atoms with Gasteiger partial charge in [-0.05, 0) is 42.0 Å². The van der Waals surface area contributed by atoms with Gasteiger partial charge in [-0.2, -0.15) is 4.31 Å². The van der Waals surface area contributed by atoms with Crippen molar-refractivity contribution in [3.63, 3.8) is 0 Å². The van der Waals surface area contributed by atoms with Crippen LogP contribution in [0.3, 0.4) is 0 Å². The van der Waals surface area contributed by atoms with Crippen LogP contribution < -0.4 is 14.8 Å². The van der Waals surface area contributed by atoms with Crippen molar-refractivity contribution < 1.29 is 27.4 Å². The molecule has 1 atom stereocenters. The molecule has 2 heterocycles. The van der Waals surface area contributed by atoms with E-state index in [0.29, 0.717) is 36.2 Å². The van der Waals surface area contributed by atoms with Crippen molar-refractivity contribution in [3.8, 4) is 11.5 Å². The predicted molar refractivity (Wildman–Crippen MR) is 111 cm³/mol. The molecule has 2 aromatic carbocycles. The maximum atomic E-state index is 12.9. The van der Waals surface area contributed by atoms with Crippen LogP contribution in [0.1, 0.15) is 5.56 Å². The lowest BCUT2D eigenvalue weighted by atomic mass is 10.1. The highest BCUT2D eigenvalue weighted by Crippen LogP contribution is 2.33. The monoisotopic (exact) mass is 452 g/mol. The molecule has 0 aromatic heterocycles. The van der Waals surface area contributed by atoms with E-state index in [1.165, 1.54) is 29.6 Å². The molecule has 0 spiro atoms. The number of nitrogens with one attached hydrogen (secondary N) is 1. The fourth-order valence-corrected chi connectivity index (χ4v) is 5.09. The maximum Gasteiger partial charge on any atom is 0.265 e. The van der Waals surface area contributed by atoms with Crippen molar-refractivity contribution in [2.24, 2.45) is 0 Å². The standard InChI is InChI=1S/C20H21ClN2O6S/c1-27-18-5-3-15(30(25,26)23-6-8-28-9-7-23)12-16(18)22-20(24)19-11-13-10-14(21)2-4-17(13)29-19/h2-5,10,12,19H,6-9,11H2,1H3,(H,22,24). The number of carbonyl (C=O) groups excluding carboxylic acids is 1. The summed E-state index contributed by atoms with van der Waals surface area (Å²) in [6.45, 7) is 1.27. The Labute approximate surface area is 179 Å². The number of ether oxygens (including phenoxy) is 3. The number of carbonyl (C=O) groups is 1. The molecular weight excluding hydrogens is 432 g/mol. The van der Waals surface area contributed by atoms with Gasteiger partial charge in [0, 0.05) is 24.5 Å². The summed E-state index contributed by atoms with van der Waals surface area (Å²) in [5.41, 5.74) is 1.10. The summed E-state index contributed by atoms with van der Waals surface area (Å²) in [5, 5.41) is 3.31. The van der Waals surface area contributed by atoms with Crippen LogP contribution in [0.25, 0.3) is 0 Å². The highest BCUT2D eigenvalue weighted by molar-refractivity contribution is 7.89. The molecule has 1 unspecified atom stereocenters. The van der Waals surface area contributed by atoms with Gasteiger partial charge in [-0.3, -0.25) is 4.79 Å². The third-order valence-corrected chi connectivity index (χ3v) is 7.16. The Hall–Kier alpha value is -2.33. The number of halogens is 1. The second-order valence-electron chi connectivity index (χ2n) is 6.93. The first kappa shape index (κ1) is 20.9. The molecule has 2 aromatic rings. The predicted octanol–water partition coefficient (Wildman–Crippen LogP) is 2.31. The van der Waals surface area contributed by atoms with Gasteiger partial charge in [-0.15, -0.1) is 0 Å². The fourth-order valence-electron chi connectivity index (χ4n) is 3.46. The van der Waals surface area contributed by atoms with E-state index in [4.69, 9.17) is 25.8 Å². The van der Waals surface area contributed by atoms with Gasteiger partial charge in [-0.25, -0.2) is 8.42 Å². The van der Waals surface area contributed by atoms with Crippen molar-refractivity contribution in [1.29, 1.82) is 0 Å². The van der Waals surface area contributed by atoms with E-state index >= 15 is 0 Å². The van der Waals surface area contributed by atoms with E-state index in [0.717, 1.165) is 5.56 Å². The number of anilines is 1. The van der Waals surface area contributed by atoms with Crippen molar-refractivity contribution >= 4 is 33.2 Å². The zero-order chi connectivity index (χ0) is 21.3. The SMILES string of the molecule is COc1ccc(S(=O)(=O)N2CCOCC2)cc1NC(=O)C1Cc2cc(Cl)ccc2O1. The van der Waals surface area contributed by atoms with Gasteiger partial charge in [-0.1, -0.05) is 11.6 Å². The summed E-state index contributed by atoms with van der Waals surface area (Å²) < 4.78 is 43.5. The molecule has 30 heavy (non-hydrogen) atoms. The van der Waals surface area contributed by atoms with Gasteiger partial charge >= 0.3 is 0 Å². The zero-order valence-electron chi connectivity index (χ0n) is 16.3. The van der Waals surface area contributed by atoms with Crippen molar-refractivity contribution in [1.82, 2.24) is 4.31 Å². The summed E-state index contributed by atoms with van der Waals surface area (Å²) >= 11 is 6.00. The van der Waals surface area contributed by atoms with E-state index in [2.05, 4.69) is 5.32 Å². The van der Waals surface area contributed by atoms with Crippen molar-refractivity contribution in [3.05, 3.63) is 47.0 Å². The second-order valence-corrected chi connectivity index (χ2v) is 9.30. The lowest BCUT2D eigenvalue weighted by Gasteiger charge is -2.26. The quantitative estimate of drug-likeness (QED) is 0.748. The van der Waals surface area contributed by atoms with Crippen LogP contribution in [0.4, 0.5) is 5.69 Å². The molecule has 160 valence electrons. The number of sulfonamides is 1. The normalized spacial score (nSPS) is 19.1.